The van der Waals surface area contributed by atoms with Crippen LogP contribution in [-0.2, 0) is 9.53 Å². The number of nitrogens with zero attached hydrogens (tertiary/aromatic N) is 2. The van der Waals surface area contributed by atoms with Gasteiger partial charge < -0.3 is 14.5 Å². The highest BCUT2D eigenvalue weighted by Crippen LogP contribution is 2.20. The van der Waals surface area contributed by atoms with Crippen LogP contribution >= 0.6 is 0 Å². The number of hydrogen-bond acceptors (Lipinski definition) is 3. The summed E-state index contributed by atoms with van der Waals surface area (Å²) >= 11 is 0. The molecule has 1 aliphatic heterocycles. The molecule has 0 aromatic rings. The Morgan fingerprint density at radius 1 is 1.16 bits per heavy atom. The van der Waals surface area contributed by atoms with Gasteiger partial charge in [0.2, 0.25) is 5.91 Å². The Morgan fingerprint density at radius 3 is 2.21 bits per heavy atom. The van der Waals surface area contributed by atoms with Crippen molar-refractivity contribution in [1.29, 1.82) is 0 Å². The second-order valence-electron chi connectivity index (χ2n) is 5.69. The van der Waals surface area contributed by atoms with Crippen molar-refractivity contribution in [3.05, 3.63) is 0 Å². The minimum atomic E-state index is 0.185. The van der Waals surface area contributed by atoms with Crippen molar-refractivity contribution in [1.82, 2.24) is 9.80 Å². The molecule has 1 rings (SSSR count). The lowest BCUT2D eigenvalue weighted by molar-refractivity contribution is -0.140. The Bertz CT molecular complexity index is 259. The number of hydrogen-bond donors (Lipinski definition) is 0. The van der Waals surface area contributed by atoms with Crippen LogP contribution in [-0.4, -0.2) is 62.1 Å². The molecule has 1 amide bonds. The Balaban J connectivity index is 2.68. The van der Waals surface area contributed by atoms with Gasteiger partial charge in [0.15, 0.2) is 0 Å². The molecule has 0 radical (unpaired) electrons. The highest BCUT2D eigenvalue weighted by Gasteiger charge is 2.29. The van der Waals surface area contributed by atoms with E-state index in [1.54, 1.807) is 0 Å². The smallest absolute Gasteiger partial charge is 0.225 e. The molecule has 1 saturated heterocycles. The number of rotatable bonds is 7. The lowest BCUT2D eigenvalue weighted by Crippen LogP contribution is -2.48. The molecule has 4 heteroatoms. The van der Waals surface area contributed by atoms with Gasteiger partial charge in [-0.3, -0.25) is 4.79 Å². The van der Waals surface area contributed by atoms with Crippen molar-refractivity contribution in [2.45, 2.75) is 45.6 Å². The molecule has 112 valence electrons. The maximum atomic E-state index is 12.7. The van der Waals surface area contributed by atoms with Crippen molar-refractivity contribution >= 4 is 5.91 Å². The number of amides is 1. The van der Waals surface area contributed by atoms with E-state index in [-0.39, 0.29) is 5.92 Å². The summed E-state index contributed by atoms with van der Waals surface area (Å²) in [5.41, 5.74) is 0. The van der Waals surface area contributed by atoms with Crippen molar-refractivity contribution in [2.24, 2.45) is 5.92 Å². The topological polar surface area (TPSA) is 32.8 Å². The van der Waals surface area contributed by atoms with E-state index in [1.807, 2.05) is 0 Å². The summed E-state index contributed by atoms with van der Waals surface area (Å²) in [5, 5.41) is 0. The predicted octanol–water partition coefficient (Wildman–Crippen LogP) is 1.99. The molecule has 0 spiro atoms. The van der Waals surface area contributed by atoms with Gasteiger partial charge in [-0.05, 0) is 39.8 Å². The van der Waals surface area contributed by atoms with E-state index in [9.17, 15) is 4.79 Å². The van der Waals surface area contributed by atoms with Gasteiger partial charge in [-0.1, -0.05) is 13.8 Å². The molecule has 0 N–H and O–H groups in total. The summed E-state index contributed by atoms with van der Waals surface area (Å²) in [6.07, 6.45) is 3.85. The van der Waals surface area contributed by atoms with Crippen LogP contribution in [0.15, 0.2) is 0 Å². The molecular formula is C15H30N2O2. The number of carbonyl (C=O) groups is 1. The molecule has 1 fully saturated rings. The van der Waals surface area contributed by atoms with Crippen LogP contribution in [0.4, 0.5) is 0 Å². The standard InChI is InChI=1S/C15H30N2O2/c1-5-13(6-2)15(18)17(10-9-16(3)4)14-7-11-19-12-8-14/h13-14H,5-12H2,1-4H3. The van der Waals surface area contributed by atoms with Gasteiger partial charge in [-0.25, -0.2) is 0 Å². The molecule has 0 atom stereocenters. The summed E-state index contributed by atoms with van der Waals surface area (Å²) in [5.74, 6) is 0.531. The average molecular weight is 270 g/mol. The van der Waals surface area contributed by atoms with Gasteiger partial charge in [0.1, 0.15) is 0 Å². The highest BCUT2D eigenvalue weighted by atomic mass is 16.5. The van der Waals surface area contributed by atoms with Crippen LogP contribution in [0.25, 0.3) is 0 Å². The average Bonchev–Trinajstić information content (AvgIpc) is 2.41. The van der Waals surface area contributed by atoms with Gasteiger partial charge in [0, 0.05) is 38.3 Å². The van der Waals surface area contributed by atoms with Crippen LogP contribution in [0.1, 0.15) is 39.5 Å². The fourth-order valence-corrected chi connectivity index (χ4v) is 2.65. The zero-order valence-corrected chi connectivity index (χ0v) is 13.0. The van der Waals surface area contributed by atoms with Gasteiger partial charge in [0.05, 0.1) is 0 Å². The summed E-state index contributed by atoms with van der Waals surface area (Å²) in [6, 6.07) is 0.377. The van der Waals surface area contributed by atoms with Crippen LogP contribution in [0.3, 0.4) is 0 Å². The minimum Gasteiger partial charge on any atom is -0.381 e. The Morgan fingerprint density at radius 2 is 1.74 bits per heavy atom. The molecule has 4 nitrogen and oxygen atoms in total. The summed E-state index contributed by atoms with van der Waals surface area (Å²) < 4.78 is 5.42. The molecule has 1 heterocycles. The first-order valence-electron chi connectivity index (χ1n) is 7.63. The quantitative estimate of drug-likeness (QED) is 0.709. The van der Waals surface area contributed by atoms with E-state index in [0.29, 0.717) is 11.9 Å². The van der Waals surface area contributed by atoms with E-state index < -0.39 is 0 Å². The van der Waals surface area contributed by atoms with Crippen LogP contribution < -0.4 is 0 Å². The van der Waals surface area contributed by atoms with Crippen molar-refractivity contribution in [3.8, 4) is 0 Å². The first-order valence-corrected chi connectivity index (χ1v) is 7.63. The molecule has 1 aliphatic rings. The van der Waals surface area contributed by atoms with Crippen molar-refractivity contribution in [3.63, 3.8) is 0 Å². The normalized spacial score (nSPS) is 17.2. The van der Waals surface area contributed by atoms with Crippen LogP contribution in [0.5, 0.6) is 0 Å². The van der Waals surface area contributed by atoms with Crippen LogP contribution in [0.2, 0.25) is 0 Å². The predicted molar refractivity (Wildman–Crippen MR) is 78.2 cm³/mol. The molecule has 0 aromatic carbocycles. The zero-order valence-electron chi connectivity index (χ0n) is 13.0. The zero-order chi connectivity index (χ0) is 14.3. The molecule has 0 unspecified atom stereocenters. The molecular weight excluding hydrogens is 240 g/mol. The number of carbonyl (C=O) groups excluding carboxylic acids is 1. The van der Waals surface area contributed by atoms with Gasteiger partial charge >= 0.3 is 0 Å². The maximum absolute atomic E-state index is 12.7. The lowest BCUT2D eigenvalue weighted by Gasteiger charge is -2.37. The Hall–Kier alpha value is -0.610. The second kappa shape index (κ2) is 8.54. The fraction of sp³-hybridized carbons (Fsp3) is 0.933. The first-order chi connectivity index (χ1) is 9.10. The Kier molecular flexibility index (Phi) is 7.39. The van der Waals surface area contributed by atoms with Crippen molar-refractivity contribution in [2.75, 3.05) is 40.4 Å². The SMILES string of the molecule is CCC(CC)C(=O)N(CCN(C)C)C1CCOCC1. The maximum Gasteiger partial charge on any atom is 0.225 e. The molecule has 19 heavy (non-hydrogen) atoms. The molecule has 0 aromatic heterocycles. The first kappa shape index (κ1) is 16.4. The largest absolute Gasteiger partial charge is 0.381 e. The summed E-state index contributed by atoms with van der Waals surface area (Å²) in [7, 11) is 4.12. The monoisotopic (exact) mass is 270 g/mol. The highest BCUT2D eigenvalue weighted by molar-refractivity contribution is 5.79. The second-order valence-corrected chi connectivity index (χ2v) is 5.69. The molecule has 0 aliphatic carbocycles. The number of ether oxygens (including phenoxy) is 1. The summed E-state index contributed by atoms with van der Waals surface area (Å²) in [6.45, 7) is 7.58. The van der Waals surface area contributed by atoms with Gasteiger partial charge in [-0.15, -0.1) is 0 Å². The van der Waals surface area contributed by atoms with Crippen molar-refractivity contribution < 1.29 is 9.53 Å². The van der Waals surface area contributed by atoms with E-state index >= 15 is 0 Å². The van der Waals surface area contributed by atoms with Gasteiger partial charge in [0.25, 0.3) is 0 Å². The fourth-order valence-electron chi connectivity index (χ4n) is 2.65. The number of likely N-dealkylation sites (N-methyl/N-ethyl adjacent to an activating group) is 1. The van der Waals surface area contributed by atoms with E-state index in [4.69, 9.17) is 4.74 Å². The molecule has 0 saturated carbocycles. The third-order valence-electron chi connectivity index (χ3n) is 4.04. The summed E-state index contributed by atoms with van der Waals surface area (Å²) in [4.78, 5) is 17.0. The van der Waals surface area contributed by atoms with Gasteiger partial charge in [-0.2, -0.15) is 0 Å². The molecule has 0 bridgehead atoms. The Labute approximate surface area is 118 Å². The minimum absolute atomic E-state index is 0.185. The third kappa shape index (κ3) is 5.11. The van der Waals surface area contributed by atoms with E-state index in [2.05, 4.69) is 37.7 Å². The lowest BCUT2D eigenvalue weighted by atomic mass is 9.98. The van der Waals surface area contributed by atoms with E-state index in [0.717, 1.165) is 52.0 Å². The van der Waals surface area contributed by atoms with E-state index in [1.165, 1.54) is 0 Å². The van der Waals surface area contributed by atoms with Crippen LogP contribution in [0, 0.1) is 5.92 Å². The third-order valence-corrected chi connectivity index (χ3v) is 4.04.